The topological polar surface area (TPSA) is 61.4 Å². The van der Waals surface area contributed by atoms with E-state index in [4.69, 9.17) is 0 Å². The molecule has 3 N–H and O–H groups in total. The fourth-order valence-electron chi connectivity index (χ4n) is 2.70. The maximum Gasteiger partial charge on any atom is 0.234 e. The molecule has 0 atom stereocenters. The number of hydrogen-bond acceptors (Lipinski definition) is 3. The highest BCUT2D eigenvalue weighted by Crippen LogP contribution is 2.30. The van der Waals surface area contributed by atoms with Crippen LogP contribution in [0.3, 0.4) is 0 Å². The molecule has 0 aromatic rings. The molecule has 2 fully saturated rings. The monoisotopic (exact) mass is 240 g/mol. The average Bonchev–Trinajstić information content (AvgIpc) is 2.28. The van der Waals surface area contributed by atoms with Crippen LogP contribution in [0.5, 0.6) is 0 Å². The molecule has 0 aromatic heterocycles. The summed E-state index contributed by atoms with van der Waals surface area (Å²) >= 11 is 0. The molecule has 0 aromatic carbocycles. The SMILES string of the molecule is O=C(CNCC1(O)CCC1)NC1CCCCC1. The second-order valence-electron chi connectivity index (χ2n) is 5.58. The summed E-state index contributed by atoms with van der Waals surface area (Å²) < 4.78 is 0. The van der Waals surface area contributed by atoms with Gasteiger partial charge in [-0.15, -0.1) is 0 Å². The summed E-state index contributed by atoms with van der Waals surface area (Å²) in [6, 6.07) is 0.379. The lowest BCUT2D eigenvalue weighted by atomic mass is 9.80. The Balaban J connectivity index is 1.57. The molecule has 0 spiro atoms. The third kappa shape index (κ3) is 3.96. The highest BCUT2D eigenvalue weighted by atomic mass is 16.3. The highest BCUT2D eigenvalue weighted by molar-refractivity contribution is 5.78. The van der Waals surface area contributed by atoms with Crippen molar-refractivity contribution in [3.8, 4) is 0 Å². The highest BCUT2D eigenvalue weighted by Gasteiger charge is 2.33. The first kappa shape index (κ1) is 12.8. The molecule has 2 rings (SSSR count). The van der Waals surface area contributed by atoms with Crippen molar-refractivity contribution in [1.82, 2.24) is 10.6 Å². The molecule has 2 aliphatic rings. The van der Waals surface area contributed by atoms with Crippen molar-refractivity contribution in [1.29, 1.82) is 0 Å². The molecule has 0 aliphatic heterocycles. The second kappa shape index (κ2) is 5.83. The Morgan fingerprint density at radius 2 is 1.88 bits per heavy atom. The molecular formula is C13H24N2O2. The summed E-state index contributed by atoms with van der Waals surface area (Å²) in [5.41, 5.74) is -0.537. The lowest BCUT2D eigenvalue weighted by Gasteiger charge is -2.36. The van der Waals surface area contributed by atoms with Gasteiger partial charge in [0.05, 0.1) is 12.1 Å². The maximum absolute atomic E-state index is 11.6. The Kier molecular flexibility index (Phi) is 4.40. The first-order valence-electron chi connectivity index (χ1n) is 6.90. The normalized spacial score (nSPS) is 24.1. The molecular weight excluding hydrogens is 216 g/mol. The van der Waals surface area contributed by atoms with Crippen molar-refractivity contribution < 1.29 is 9.90 Å². The van der Waals surface area contributed by atoms with Gasteiger partial charge in [-0.1, -0.05) is 19.3 Å². The van der Waals surface area contributed by atoms with Crippen molar-refractivity contribution in [2.75, 3.05) is 13.1 Å². The fourth-order valence-corrected chi connectivity index (χ4v) is 2.70. The van der Waals surface area contributed by atoms with Gasteiger partial charge in [-0.2, -0.15) is 0 Å². The van der Waals surface area contributed by atoms with Gasteiger partial charge in [0.1, 0.15) is 0 Å². The minimum absolute atomic E-state index is 0.0693. The fraction of sp³-hybridized carbons (Fsp3) is 0.923. The number of aliphatic hydroxyl groups is 1. The zero-order valence-corrected chi connectivity index (χ0v) is 10.5. The molecule has 2 saturated carbocycles. The lowest BCUT2D eigenvalue weighted by molar-refractivity contribution is -0.121. The van der Waals surface area contributed by atoms with Gasteiger partial charge >= 0.3 is 0 Å². The predicted molar refractivity (Wildman–Crippen MR) is 66.7 cm³/mol. The van der Waals surface area contributed by atoms with E-state index in [1.54, 1.807) is 0 Å². The van der Waals surface area contributed by atoms with Crippen LogP contribution in [-0.4, -0.2) is 35.7 Å². The van der Waals surface area contributed by atoms with Crippen molar-refractivity contribution in [2.45, 2.75) is 63.0 Å². The maximum atomic E-state index is 11.6. The summed E-state index contributed by atoms with van der Waals surface area (Å²) in [7, 11) is 0. The number of rotatable bonds is 5. The van der Waals surface area contributed by atoms with E-state index in [0.717, 1.165) is 32.1 Å². The van der Waals surface area contributed by atoms with Crippen molar-refractivity contribution >= 4 is 5.91 Å². The summed E-state index contributed by atoms with van der Waals surface area (Å²) in [6.45, 7) is 0.879. The Morgan fingerprint density at radius 1 is 1.18 bits per heavy atom. The Hall–Kier alpha value is -0.610. The van der Waals surface area contributed by atoms with Crippen LogP contribution in [0, 0.1) is 0 Å². The average molecular weight is 240 g/mol. The van der Waals surface area contributed by atoms with Crippen molar-refractivity contribution in [3.05, 3.63) is 0 Å². The Morgan fingerprint density at radius 3 is 2.47 bits per heavy atom. The van der Waals surface area contributed by atoms with Gasteiger partial charge in [0.25, 0.3) is 0 Å². The van der Waals surface area contributed by atoms with E-state index in [2.05, 4.69) is 10.6 Å². The molecule has 0 radical (unpaired) electrons. The second-order valence-corrected chi connectivity index (χ2v) is 5.58. The van der Waals surface area contributed by atoms with E-state index in [1.807, 2.05) is 0 Å². The summed E-state index contributed by atoms with van der Waals surface area (Å²) in [5, 5.41) is 16.0. The Bertz CT molecular complexity index is 258. The van der Waals surface area contributed by atoms with E-state index >= 15 is 0 Å². The first-order valence-corrected chi connectivity index (χ1v) is 6.90. The zero-order valence-electron chi connectivity index (χ0n) is 10.5. The molecule has 4 heteroatoms. The quantitative estimate of drug-likeness (QED) is 0.670. The first-order chi connectivity index (χ1) is 8.18. The van der Waals surface area contributed by atoms with Crippen LogP contribution in [-0.2, 0) is 4.79 Å². The molecule has 0 saturated heterocycles. The van der Waals surface area contributed by atoms with Gasteiger partial charge in [-0.3, -0.25) is 4.79 Å². The predicted octanol–water partition coefficient (Wildman–Crippen LogP) is 0.940. The lowest BCUT2D eigenvalue weighted by Crippen LogP contribution is -2.49. The zero-order chi connectivity index (χ0) is 12.1. The van der Waals surface area contributed by atoms with Crippen LogP contribution in [0.2, 0.25) is 0 Å². The number of nitrogens with one attached hydrogen (secondary N) is 2. The molecule has 0 heterocycles. The van der Waals surface area contributed by atoms with Gasteiger partial charge in [0, 0.05) is 12.6 Å². The standard InChI is InChI=1S/C13H24N2O2/c16-12(15-11-5-2-1-3-6-11)9-14-10-13(17)7-4-8-13/h11,14,17H,1-10H2,(H,15,16). The molecule has 1 amide bonds. The van der Waals surface area contributed by atoms with Crippen LogP contribution < -0.4 is 10.6 Å². The Labute approximate surface area is 103 Å². The molecule has 4 nitrogen and oxygen atoms in total. The van der Waals surface area contributed by atoms with E-state index in [0.29, 0.717) is 19.1 Å². The van der Waals surface area contributed by atoms with Gasteiger partial charge in [-0.05, 0) is 32.1 Å². The van der Waals surface area contributed by atoms with Crippen molar-refractivity contribution in [3.63, 3.8) is 0 Å². The molecule has 0 unspecified atom stereocenters. The minimum Gasteiger partial charge on any atom is -0.389 e. The van der Waals surface area contributed by atoms with Crippen LogP contribution in [0.15, 0.2) is 0 Å². The van der Waals surface area contributed by atoms with E-state index in [1.165, 1.54) is 19.3 Å². The molecule has 98 valence electrons. The molecule has 17 heavy (non-hydrogen) atoms. The van der Waals surface area contributed by atoms with Crippen LogP contribution >= 0.6 is 0 Å². The summed E-state index contributed by atoms with van der Waals surface area (Å²) in [5.74, 6) is 0.0693. The third-order valence-electron chi connectivity index (χ3n) is 3.99. The number of hydrogen-bond donors (Lipinski definition) is 3. The third-order valence-corrected chi connectivity index (χ3v) is 3.99. The minimum atomic E-state index is -0.537. The van der Waals surface area contributed by atoms with Crippen LogP contribution in [0.1, 0.15) is 51.4 Å². The van der Waals surface area contributed by atoms with E-state index in [-0.39, 0.29) is 5.91 Å². The largest absolute Gasteiger partial charge is 0.389 e. The van der Waals surface area contributed by atoms with Gasteiger partial charge in [0.15, 0.2) is 0 Å². The van der Waals surface area contributed by atoms with Gasteiger partial charge in [0.2, 0.25) is 5.91 Å². The van der Waals surface area contributed by atoms with Crippen molar-refractivity contribution in [2.24, 2.45) is 0 Å². The van der Waals surface area contributed by atoms with E-state index < -0.39 is 5.60 Å². The molecule has 0 bridgehead atoms. The molecule has 2 aliphatic carbocycles. The van der Waals surface area contributed by atoms with Gasteiger partial charge in [-0.25, -0.2) is 0 Å². The number of amides is 1. The summed E-state index contributed by atoms with van der Waals surface area (Å²) in [6.07, 6.45) is 8.85. The smallest absolute Gasteiger partial charge is 0.234 e. The van der Waals surface area contributed by atoms with Crippen LogP contribution in [0.25, 0.3) is 0 Å². The summed E-state index contributed by atoms with van der Waals surface area (Å²) in [4.78, 5) is 11.6. The number of carbonyl (C=O) groups is 1. The van der Waals surface area contributed by atoms with Gasteiger partial charge < -0.3 is 15.7 Å². The number of carbonyl (C=O) groups excluding carboxylic acids is 1. The van der Waals surface area contributed by atoms with E-state index in [9.17, 15) is 9.90 Å². The van der Waals surface area contributed by atoms with Crippen LogP contribution in [0.4, 0.5) is 0 Å².